The first-order valence-corrected chi connectivity index (χ1v) is 6.18. The van der Waals surface area contributed by atoms with Crippen molar-refractivity contribution in [2.75, 3.05) is 5.73 Å². The molecule has 0 aliphatic heterocycles. The van der Waals surface area contributed by atoms with Gasteiger partial charge in [-0.15, -0.1) is 0 Å². The molecule has 6 heteroatoms. The Balaban J connectivity index is 2.40. The van der Waals surface area contributed by atoms with Crippen LogP contribution in [0.2, 0.25) is 0 Å². The molecule has 0 amide bonds. The lowest BCUT2D eigenvalue weighted by molar-refractivity contribution is -0.385. The number of aromatic nitrogens is 1. The van der Waals surface area contributed by atoms with Crippen molar-refractivity contribution >= 4 is 11.4 Å². The van der Waals surface area contributed by atoms with Gasteiger partial charge in [0.25, 0.3) is 0 Å². The zero-order valence-electron chi connectivity index (χ0n) is 11.3. The molecule has 0 unspecified atom stereocenters. The molecular weight excluding hydrogens is 258 g/mol. The minimum Gasteiger partial charge on any atom is -0.430 e. The topological polar surface area (TPSA) is 91.3 Å². The van der Waals surface area contributed by atoms with E-state index in [1.165, 1.54) is 6.07 Å². The van der Waals surface area contributed by atoms with Crippen molar-refractivity contribution in [1.82, 2.24) is 4.98 Å². The summed E-state index contributed by atoms with van der Waals surface area (Å²) < 4.78 is 5.48. The van der Waals surface area contributed by atoms with Gasteiger partial charge in [0.2, 0.25) is 11.6 Å². The lowest BCUT2D eigenvalue weighted by Gasteiger charge is -2.09. The van der Waals surface area contributed by atoms with Crippen LogP contribution in [-0.4, -0.2) is 9.91 Å². The molecule has 2 aromatic rings. The first-order chi connectivity index (χ1) is 9.51. The van der Waals surface area contributed by atoms with Gasteiger partial charge in [-0.2, -0.15) is 0 Å². The van der Waals surface area contributed by atoms with E-state index in [1.54, 1.807) is 24.4 Å². The second-order valence-electron chi connectivity index (χ2n) is 4.42. The molecule has 1 aromatic heterocycles. The quantitative estimate of drug-likeness (QED) is 0.682. The van der Waals surface area contributed by atoms with Crippen LogP contribution in [-0.2, 0) is 6.42 Å². The van der Waals surface area contributed by atoms with Crippen molar-refractivity contribution in [3.8, 4) is 11.6 Å². The van der Waals surface area contributed by atoms with E-state index in [1.807, 2.05) is 13.8 Å². The minimum absolute atomic E-state index is 0.0916. The average Bonchev–Trinajstić information content (AvgIpc) is 2.42. The van der Waals surface area contributed by atoms with Gasteiger partial charge in [-0.1, -0.05) is 13.0 Å². The highest BCUT2D eigenvalue weighted by molar-refractivity contribution is 5.55. The van der Waals surface area contributed by atoms with Crippen LogP contribution in [0.5, 0.6) is 11.6 Å². The number of rotatable bonds is 4. The van der Waals surface area contributed by atoms with Crippen LogP contribution in [0.1, 0.15) is 18.1 Å². The number of nitro benzene ring substituents is 1. The standard InChI is InChI=1S/C14H15N3O3/c1-3-10-4-5-13(12(7-10)17(18)19)20-14-11(15)6-9(2)8-16-14/h4-8H,3,15H2,1-2H3. The molecule has 1 heterocycles. The summed E-state index contributed by atoms with van der Waals surface area (Å²) in [4.78, 5) is 14.7. The van der Waals surface area contributed by atoms with Crippen molar-refractivity contribution < 1.29 is 9.66 Å². The number of nitrogens with zero attached hydrogens (tertiary/aromatic N) is 2. The average molecular weight is 273 g/mol. The van der Waals surface area contributed by atoms with Crippen molar-refractivity contribution in [3.63, 3.8) is 0 Å². The predicted molar refractivity (Wildman–Crippen MR) is 75.9 cm³/mol. The molecule has 0 aliphatic carbocycles. The highest BCUT2D eigenvalue weighted by Gasteiger charge is 2.17. The number of aryl methyl sites for hydroxylation is 2. The number of nitro groups is 1. The first-order valence-electron chi connectivity index (χ1n) is 6.18. The largest absolute Gasteiger partial charge is 0.430 e. The summed E-state index contributed by atoms with van der Waals surface area (Å²) in [5.41, 5.74) is 7.81. The summed E-state index contributed by atoms with van der Waals surface area (Å²) in [5, 5.41) is 11.1. The number of nitrogen functional groups attached to an aromatic ring is 1. The number of hydrogen-bond acceptors (Lipinski definition) is 5. The molecule has 0 fully saturated rings. The van der Waals surface area contributed by atoms with Gasteiger partial charge >= 0.3 is 5.69 Å². The number of anilines is 1. The van der Waals surface area contributed by atoms with E-state index >= 15 is 0 Å². The van der Waals surface area contributed by atoms with Crippen LogP contribution >= 0.6 is 0 Å². The second kappa shape index (κ2) is 5.56. The Morgan fingerprint density at radius 1 is 1.40 bits per heavy atom. The maximum atomic E-state index is 11.1. The molecule has 0 saturated heterocycles. The molecule has 0 aliphatic rings. The van der Waals surface area contributed by atoms with Crippen LogP contribution in [0.15, 0.2) is 30.5 Å². The number of benzene rings is 1. The summed E-state index contributed by atoms with van der Waals surface area (Å²) in [5.74, 6) is 0.304. The first kappa shape index (κ1) is 13.8. The fraction of sp³-hybridized carbons (Fsp3) is 0.214. The lowest BCUT2D eigenvalue weighted by Crippen LogP contribution is -1.99. The van der Waals surface area contributed by atoms with Gasteiger partial charge in [-0.3, -0.25) is 10.1 Å². The van der Waals surface area contributed by atoms with Crippen LogP contribution in [0.4, 0.5) is 11.4 Å². The van der Waals surface area contributed by atoms with Gasteiger partial charge in [0.05, 0.1) is 10.6 Å². The van der Waals surface area contributed by atoms with E-state index in [-0.39, 0.29) is 17.3 Å². The van der Waals surface area contributed by atoms with Gasteiger partial charge in [-0.25, -0.2) is 4.98 Å². The van der Waals surface area contributed by atoms with Crippen LogP contribution < -0.4 is 10.5 Å². The molecule has 2 rings (SSSR count). The van der Waals surface area contributed by atoms with Crippen molar-refractivity contribution in [2.24, 2.45) is 0 Å². The van der Waals surface area contributed by atoms with E-state index in [9.17, 15) is 10.1 Å². The van der Waals surface area contributed by atoms with Gasteiger partial charge < -0.3 is 10.5 Å². The molecule has 0 spiro atoms. The Hall–Kier alpha value is -2.63. The van der Waals surface area contributed by atoms with Crippen LogP contribution in [0.3, 0.4) is 0 Å². The normalized spacial score (nSPS) is 10.3. The lowest BCUT2D eigenvalue weighted by atomic mass is 10.1. The molecule has 2 N–H and O–H groups in total. The van der Waals surface area contributed by atoms with E-state index in [2.05, 4.69) is 4.98 Å². The van der Waals surface area contributed by atoms with Crippen LogP contribution in [0, 0.1) is 17.0 Å². The number of pyridine rings is 1. The molecule has 0 bridgehead atoms. The Morgan fingerprint density at radius 3 is 2.75 bits per heavy atom. The Kier molecular flexibility index (Phi) is 3.84. The fourth-order valence-electron chi connectivity index (χ4n) is 1.78. The number of ether oxygens (including phenoxy) is 1. The van der Waals surface area contributed by atoms with E-state index in [4.69, 9.17) is 10.5 Å². The number of hydrogen-bond donors (Lipinski definition) is 1. The molecule has 1 aromatic carbocycles. The van der Waals surface area contributed by atoms with E-state index < -0.39 is 4.92 Å². The van der Waals surface area contributed by atoms with Crippen molar-refractivity contribution in [3.05, 3.63) is 51.7 Å². The molecule has 0 saturated carbocycles. The van der Waals surface area contributed by atoms with Gasteiger partial charge in [-0.05, 0) is 36.6 Å². The smallest absolute Gasteiger partial charge is 0.311 e. The van der Waals surface area contributed by atoms with E-state index in [0.29, 0.717) is 12.1 Å². The summed E-state index contributed by atoms with van der Waals surface area (Å²) >= 11 is 0. The van der Waals surface area contributed by atoms with Crippen molar-refractivity contribution in [2.45, 2.75) is 20.3 Å². The SMILES string of the molecule is CCc1ccc(Oc2ncc(C)cc2N)c([N+](=O)[O-])c1. The maximum absolute atomic E-state index is 11.1. The maximum Gasteiger partial charge on any atom is 0.311 e. The van der Waals surface area contributed by atoms with Crippen molar-refractivity contribution in [1.29, 1.82) is 0 Å². The molecule has 104 valence electrons. The Bertz CT molecular complexity index is 656. The van der Waals surface area contributed by atoms with Crippen LogP contribution in [0.25, 0.3) is 0 Å². The highest BCUT2D eigenvalue weighted by atomic mass is 16.6. The molecule has 6 nitrogen and oxygen atoms in total. The van der Waals surface area contributed by atoms with Gasteiger partial charge in [0.1, 0.15) is 0 Å². The third-order valence-corrected chi connectivity index (χ3v) is 2.85. The van der Waals surface area contributed by atoms with Gasteiger partial charge in [0, 0.05) is 12.3 Å². The second-order valence-corrected chi connectivity index (χ2v) is 4.42. The van der Waals surface area contributed by atoms with Gasteiger partial charge in [0.15, 0.2) is 0 Å². The number of nitrogens with two attached hydrogens (primary N) is 1. The highest BCUT2D eigenvalue weighted by Crippen LogP contribution is 2.33. The Labute approximate surface area is 116 Å². The Morgan fingerprint density at radius 2 is 2.15 bits per heavy atom. The summed E-state index contributed by atoms with van der Waals surface area (Å²) in [6.45, 7) is 3.78. The summed E-state index contributed by atoms with van der Waals surface area (Å²) in [7, 11) is 0. The molecule has 20 heavy (non-hydrogen) atoms. The van der Waals surface area contributed by atoms with E-state index in [0.717, 1.165) is 11.1 Å². The summed E-state index contributed by atoms with van der Waals surface area (Å²) in [6.07, 6.45) is 2.31. The molecular formula is C14H15N3O3. The molecule has 0 atom stereocenters. The molecule has 0 radical (unpaired) electrons. The summed E-state index contributed by atoms with van der Waals surface area (Å²) in [6, 6.07) is 6.55. The minimum atomic E-state index is -0.473. The monoisotopic (exact) mass is 273 g/mol. The zero-order chi connectivity index (χ0) is 14.7. The fourth-order valence-corrected chi connectivity index (χ4v) is 1.78. The zero-order valence-corrected chi connectivity index (χ0v) is 11.3. The third-order valence-electron chi connectivity index (χ3n) is 2.85. The third kappa shape index (κ3) is 2.85. The predicted octanol–water partition coefficient (Wildman–Crippen LogP) is 3.24.